The van der Waals surface area contributed by atoms with Crippen LogP contribution in [0, 0.1) is 0 Å². The number of ether oxygens (including phenoxy) is 3. The van der Waals surface area contributed by atoms with Crippen LogP contribution in [0.15, 0.2) is 46.9 Å². The van der Waals surface area contributed by atoms with Gasteiger partial charge >= 0.3 is 0 Å². The number of nitrogens with two attached hydrogens (primary N) is 1. The molecule has 0 aliphatic carbocycles. The molecule has 4 nitrogen and oxygen atoms in total. The van der Waals surface area contributed by atoms with E-state index in [9.17, 15) is 0 Å². The molecule has 0 unspecified atom stereocenters. The fourth-order valence-corrected chi connectivity index (χ4v) is 3.74. The summed E-state index contributed by atoms with van der Waals surface area (Å²) in [6.07, 6.45) is 2.76. The van der Waals surface area contributed by atoms with Crippen LogP contribution in [0.25, 0.3) is 0 Å². The van der Waals surface area contributed by atoms with E-state index in [0.717, 1.165) is 41.2 Å². The molecule has 1 atom stereocenters. The van der Waals surface area contributed by atoms with Crippen LogP contribution in [0.2, 0.25) is 0 Å². The second-order valence-electron chi connectivity index (χ2n) is 6.48. The van der Waals surface area contributed by atoms with Gasteiger partial charge in [0.2, 0.25) is 0 Å². The number of rotatable bonds is 9. The van der Waals surface area contributed by atoms with Gasteiger partial charge in [0.15, 0.2) is 11.5 Å². The van der Waals surface area contributed by atoms with Crippen LogP contribution in [-0.2, 0) is 17.9 Å². The standard InChI is InChI=1S/C21H26BrNO3/c1-2-24-20-12-17(13-23-14-18-9-6-10-25-18)11-19(22)21(20)26-15-16-7-4-3-5-8-16/h3-5,7-8,11-12,18,23H,2,6,9-10,13-15H2,1H3/p+1/t18-/m0/s1. The summed E-state index contributed by atoms with van der Waals surface area (Å²) < 4.78 is 18.5. The van der Waals surface area contributed by atoms with E-state index in [1.165, 1.54) is 18.4 Å². The summed E-state index contributed by atoms with van der Waals surface area (Å²) in [5, 5.41) is 2.30. The Kier molecular flexibility index (Phi) is 7.35. The number of benzene rings is 2. The van der Waals surface area contributed by atoms with Gasteiger partial charge in [-0.05, 0) is 53.4 Å². The van der Waals surface area contributed by atoms with E-state index >= 15 is 0 Å². The molecule has 0 radical (unpaired) electrons. The zero-order valence-electron chi connectivity index (χ0n) is 15.2. The van der Waals surface area contributed by atoms with Gasteiger partial charge < -0.3 is 19.5 Å². The van der Waals surface area contributed by atoms with Gasteiger partial charge in [-0.1, -0.05) is 30.3 Å². The lowest BCUT2D eigenvalue weighted by Crippen LogP contribution is -2.84. The fraction of sp³-hybridized carbons (Fsp3) is 0.429. The highest BCUT2D eigenvalue weighted by molar-refractivity contribution is 9.10. The molecule has 1 saturated heterocycles. The molecule has 1 fully saturated rings. The highest BCUT2D eigenvalue weighted by Gasteiger charge is 2.18. The molecule has 2 aromatic rings. The predicted molar refractivity (Wildman–Crippen MR) is 106 cm³/mol. The van der Waals surface area contributed by atoms with Crippen LogP contribution in [0.4, 0.5) is 0 Å². The Hall–Kier alpha value is -1.56. The molecule has 0 spiro atoms. The first kappa shape index (κ1) is 19.2. The third kappa shape index (κ3) is 5.47. The Morgan fingerprint density at radius 1 is 1.15 bits per heavy atom. The van der Waals surface area contributed by atoms with E-state index < -0.39 is 0 Å². The van der Waals surface area contributed by atoms with Crippen LogP contribution in [0.3, 0.4) is 0 Å². The summed E-state index contributed by atoms with van der Waals surface area (Å²) in [5.74, 6) is 1.55. The summed E-state index contributed by atoms with van der Waals surface area (Å²) in [7, 11) is 0. The minimum Gasteiger partial charge on any atom is -0.490 e. The monoisotopic (exact) mass is 420 g/mol. The van der Waals surface area contributed by atoms with E-state index in [2.05, 4.69) is 45.5 Å². The van der Waals surface area contributed by atoms with Gasteiger partial charge in [0.25, 0.3) is 0 Å². The van der Waals surface area contributed by atoms with Crippen LogP contribution in [0.5, 0.6) is 11.5 Å². The first-order valence-electron chi connectivity index (χ1n) is 9.31. The van der Waals surface area contributed by atoms with Gasteiger partial charge in [-0.3, -0.25) is 0 Å². The average molecular weight is 421 g/mol. The molecular weight excluding hydrogens is 394 g/mol. The van der Waals surface area contributed by atoms with Crippen LogP contribution in [0.1, 0.15) is 30.9 Å². The molecule has 140 valence electrons. The van der Waals surface area contributed by atoms with Crippen LogP contribution >= 0.6 is 15.9 Å². The van der Waals surface area contributed by atoms with Crippen molar-refractivity contribution in [1.82, 2.24) is 0 Å². The van der Waals surface area contributed by atoms with Gasteiger partial charge in [-0.15, -0.1) is 0 Å². The SMILES string of the molecule is CCOc1cc(C[NH2+]C[C@@H]2CCCO2)cc(Br)c1OCc1ccccc1. The maximum absolute atomic E-state index is 6.05. The van der Waals surface area contributed by atoms with Crippen molar-refractivity contribution >= 4 is 15.9 Å². The lowest BCUT2D eigenvalue weighted by Gasteiger charge is -2.15. The minimum absolute atomic E-state index is 0.401. The smallest absolute Gasteiger partial charge is 0.175 e. The summed E-state index contributed by atoms with van der Waals surface area (Å²) >= 11 is 3.66. The second-order valence-corrected chi connectivity index (χ2v) is 7.33. The van der Waals surface area contributed by atoms with E-state index in [0.29, 0.717) is 19.3 Å². The van der Waals surface area contributed by atoms with Crippen molar-refractivity contribution in [3.8, 4) is 11.5 Å². The Balaban J connectivity index is 1.64. The predicted octanol–water partition coefficient (Wildman–Crippen LogP) is 3.67. The van der Waals surface area contributed by atoms with Gasteiger partial charge in [0.05, 0.1) is 11.1 Å². The third-order valence-electron chi connectivity index (χ3n) is 4.43. The third-order valence-corrected chi connectivity index (χ3v) is 5.02. The van der Waals surface area contributed by atoms with Crippen molar-refractivity contribution in [2.45, 2.75) is 39.0 Å². The van der Waals surface area contributed by atoms with Crippen molar-refractivity contribution in [1.29, 1.82) is 0 Å². The molecule has 3 rings (SSSR count). The minimum atomic E-state index is 0.401. The molecule has 2 aromatic carbocycles. The highest BCUT2D eigenvalue weighted by atomic mass is 79.9. The summed E-state index contributed by atoms with van der Waals surface area (Å²) in [6, 6.07) is 14.4. The van der Waals surface area contributed by atoms with Gasteiger partial charge in [0.1, 0.15) is 25.8 Å². The zero-order valence-corrected chi connectivity index (χ0v) is 16.8. The molecule has 2 N–H and O–H groups in total. The summed E-state index contributed by atoms with van der Waals surface area (Å²) in [4.78, 5) is 0. The quantitative estimate of drug-likeness (QED) is 0.672. The van der Waals surface area contributed by atoms with E-state index in [1.54, 1.807) is 0 Å². The molecule has 0 amide bonds. The van der Waals surface area contributed by atoms with Crippen molar-refractivity contribution in [2.75, 3.05) is 19.8 Å². The highest BCUT2D eigenvalue weighted by Crippen LogP contribution is 2.37. The Bertz CT molecular complexity index is 687. The number of quaternary nitrogens is 1. The maximum Gasteiger partial charge on any atom is 0.175 e. The van der Waals surface area contributed by atoms with Crippen molar-refractivity contribution < 1.29 is 19.5 Å². The Morgan fingerprint density at radius 3 is 2.73 bits per heavy atom. The molecule has 1 heterocycles. The van der Waals surface area contributed by atoms with Gasteiger partial charge in [0, 0.05) is 12.2 Å². The summed E-state index contributed by atoms with van der Waals surface area (Å²) in [6.45, 7) is 5.93. The molecule has 0 saturated carbocycles. The molecule has 1 aliphatic rings. The van der Waals surface area contributed by atoms with E-state index in [1.807, 2.05) is 25.1 Å². The van der Waals surface area contributed by atoms with Crippen molar-refractivity contribution in [3.63, 3.8) is 0 Å². The molecular formula is C21H27BrNO3+. The number of hydrogen-bond acceptors (Lipinski definition) is 3. The average Bonchev–Trinajstić information content (AvgIpc) is 3.16. The second kappa shape index (κ2) is 9.95. The Morgan fingerprint density at radius 2 is 2.00 bits per heavy atom. The first-order chi connectivity index (χ1) is 12.8. The van der Waals surface area contributed by atoms with E-state index in [-0.39, 0.29) is 0 Å². The van der Waals surface area contributed by atoms with Gasteiger partial charge in [-0.25, -0.2) is 0 Å². The lowest BCUT2D eigenvalue weighted by atomic mass is 10.2. The van der Waals surface area contributed by atoms with Crippen molar-refractivity contribution in [2.24, 2.45) is 0 Å². The van der Waals surface area contributed by atoms with E-state index in [4.69, 9.17) is 14.2 Å². The van der Waals surface area contributed by atoms with Crippen molar-refractivity contribution in [3.05, 3.63) is 58.1 Å². The lowest BCUT2D eigenvalue weighted by molar-refractivity contribution is -0.676. The van der Waals surface area contributed by atoms with Crippen LogP contribution in [-0.4, -0.2) is 25.9 Å². The van der Waals surface area contributed by atoms with Gasteiger partial charge in [-0.2, -0.15) is 0 Å². The first-order valence-corrected chi connectivity index (χ1v) is 10.1. The maximum atomic E-state index is 6.05. The molecule has 5 heteroatoms. The molecule has 1 aliphatic heterocycles. The molecule has 0 bridgehead atoms. The summed E-state index contributed by atoms with van der Waals surface area (Å²) in [5.41, 5.74) is 2.35. The normalized spacial score (nSPS) is 16.6. The fourth-order valence-electron chi connectivity index (χ4n) is 3.14. The Labute approximate surface area is 164 Å². The number of halogens is 1. The topological polar surface area (TPSA) is 44.3 Å². The molecule has 0 aromatic heterocycles. The zero-order chi connectivity index (χ0) is 18.2. The largest absolute Gasteiger partial charge is 0.490 e. The molecule has 26 heavy (non-hydrogen) atoms. The number of hydrogen-bond donors (Lipinski definition) is 1. The van der Waals surface area contributed by atoms with Crippen LogP contribution < -0.4 is 14.8 Å².